The Morgan fingerprint density at radius 1 is 0.955 bits per heavy atom. The number of benzene rings is 2. The molecule has 118 valence electrons. The van der Waals surface area contributed by atoms with Crippen molar-refractivity contribution in [2.24, 2.45) is 5.73 Å². The van der Waals surface area contributed by atoms with E-state index < -0.39 is 15.1 Å². The van der Waals surface area contributed by atoms with Gasteiger partial charge in [0.2, 0.25) is 0 Å². The van der Waals surface area contributed by atoms with Gasteiger partial charge in [-0.3, -0.25) is 0 Å². The standard InChI is InChI=1S/C17H20ClNO2S/c1-12(2)13-3-5-14(6-4-13)17(11-19)22(20,21)16-9-7-15(18)8-10-16/h3-10,12,17H,11,19H2,1-2H3/t17-/m1/s1. The Balaban J connectivity index is 2.40. The van der Waals surface area contributed by atoms with Crippen LogP contribution in [0.2, 0.25) is 5.02 Å². The molecule has 0 saturated carbocycles. The third kappa shape index (κ3) is 3.51. The summed E-state index contributed by atoms with van der Waals surface area (Å²) in [5.74, 6) is 0.401. The van der Waals surface area contributed by atoms with Crippen LogP contribution in [0.25, 0.3) is 0 Å². The van der Waals surface area contributed by atoms with Gasteiger partial charge in [0.1, 0.15) is 5.25 Å². The Labute approximate surface area is 137 Å². The van der Waals surface area contributed by atoms with Gasteiger partial charge in [0.15, 0.2) is 9.84 Å². The van der Waals surface area contributed by atoms with Crippen LogP contribution in [0.5, 0.6) is 0 Å². The van der Waals surface area contributed by atoms with Crippen LogP contribution in [0, 0.1) is 0 Å². The number of halogens is 1. The summed E-state index contributed by atoms with van der Waals surface area (Å²) < 4.78 is 25.5. The molecular weight excluding hydrogens is 318 g/mol. The van der Waals surface area contributed by atoms with E-state index >= 15 is 0 Å². The predicted molar refractivity (Wildman–Crippen MR) is 91.0 cm³/mol. The van der Waals surface area contributed by atoms with Crippen LogP contribution in [0.4, 0.5) is 0 Å². The van der Waals surface area contributed by atoms with Crippen LogP contribution in [0.3, 0.4) is 0 Å². The van der Waals surface area contributed by atoms with E-state index in [1.54, 1.807) is 12.1 Å². The summed E-state index contributed by atoms with van der Waals surface area (Å²) in [7, 11) is -3.54. The molecule has 0 saturated heterocycles. The molecular formula is C17H20ClNO2S. The predicted octanol–water partition coefficient (Wildman–Crippen LogP) is 3.94. The van der Waals surface area contributed by atoms with Crippen LogP contribution in [-0.2, 0) is 9.84 Å². The lowest BCUT2D eigenvalue weighted by Gasteiger charge is -2.17. The Hall–Kier alpha value is -1.36. The number of nitrogens with two attached hydrogens (primary N) is 1. The monoisotopic (exact) mass is 337 g/mol. The molecule has 2 N–H and O–H groups in total. The molecule has 2 aromatic rings. The van der Waals surface area contributed by atoms with Gasteiger partial charge in [0.25, 0.3) is 0 Å². The van der Waals surface area contributed by atoms with E-state index in [1.165, 1.54) is 17.7 Å². The summed E-state index contributed by atoms with van der Waals surface area (Å²) >= 11 is 5.82. The third-order valence-electron chi connectivity index (χ3n) is 3.71. The molecule has 0 unspecified atom stereocenters. The molecule has 1 atom stereocenters. The fraction of sp³-hybridized carbons (Fsp3) is 0.294. The lowest BCUT2D eigenvalue weighted by molar-refractivity contribution is 0.582. The largest absolute Gasteiger partial charge is 0.329 e. The van der Waals surface area contributed by atoms with Crippen LogP contribution in [0.1, 0.15) is 36.1 Å². The zero-order valence-electron chi connectivity index (χ0n) is 12.7. The smallest absolute Gasteiger partial charge is 0.186 e. The highest BCUT2D eigenvalue weighted by Crippen LogP contribution is 2.29. The molecule has 2 aromatic carbocycles. The van der Waals surface area contributed by atoms with Crippen LogP contribution >= 0.6 is 11.6 Å². The van der Waals surface area contributed by atoms with Crippen molar-refractivity contribution in [1.82, 2.24) is 0 Å². The maximum atomic E-state index is 12.8. The third-order valence-corrected chi connectivity index (χ3v) is 6.10. The average molecular weight is 338 g/mol. The first-order valence-corrected chi connectivity index (χ1v) is 9.08. The highest BCUT2D eigenvalue weighted by molar-refractivity contribution is 7.91. The van der Waals surface area contributed by atoms with E-state index in [9.17, 15) is 8.42 Å². The van der Waals surface area contributed by atoms with Crippen LogP contribution < -0.4 is 5.73 Å². The molecule has 0 spiro atoms. The van der Waals surface area contributed by atoms with E-state index in [-0.39, 0.29) is 11.4 Å². The summed E-state index contributed by atoms with van der Waals surface area (Å²) in [5.41, 5.74) is 7.63. The Morgan fingerprint density at radius 3 is 1.91 bits per heavy atom. The van der Waals surface area contributed by atoms with E-state index in [1.807, 2.05) is 24.3 Å². The molecule has 0 fully saturated rings. The molecule has 2 rings (SSSR count). The van der Waals surface area contributed by atoms with Gasteiger partial charge in [-0.2, -0.15) is 0 Å². The minimum absolute atomic E-state index is 0.0337. The quantitative estimate of drug-likeness (QED) is 0.899. The van der Waals surface area contributed by atoms with E-state index in [2.05, 4.69) is 13.8 Å². The van der Waals surface area contributed by atoms with E-state index in [4.69, 9.17) is 17.3 Å². The molecule has 0 bridgehead atoms. The first-order valence-electron chi connectivity index (χ1n) is 7.15. The van der Waals surface area contributed by atoms with Crippen LogP contribution in [0.15, 0.2) is 53.4 Å². The van der Waals surface area contributed by atoms with Gasteiger partial charge in [-0.25, -0.2) is 8.42 Å². The van der Waals surface area contributed by atoms with Crippen molar-refractivity contribution in [2.75, 3.05) is 6.54 Å². The number of hydrogen-bond acceptors (Lipinski definition) is 3. The second kappa shape index (κ2) is 6.82. The zero-order valence-corrected chi connectivity index (χ0v) is 14.2. The molecule has 3 nitrogen and oxygen atoms in total. The summed E-state index contributed by atoms with van der Waals surface area (Å²) in [4.78, 5) is 0.236. The summed E-state index contributed by atoms with van der Waals surface area (Å²) in [6, 6.07) is 13.8. The second-order valence-corrected chi connectivity index (χ2v) is 8.11. The highest BCUT2D eigenvalue weighted by Gasteiger charge is 2.27. The normalized spacial score (nSPS) is 13.3. The van der Waals surface area contributed by atoms with Gasteiger partial charge in [-0.15, -0.1) is 0 Å². The van der Waals surface area contributed by atoms with Crippen molar-refractivity contribution < 1.29 is 8.42 Å². The van der Waals surface area contributed by atoms with Crippen molar-refractivity contribution in [3.8, 4) is 0 Å². The van der Waals surface area contributed by atoms with Gasteiger partial charge in [0, 0.05) is 11.6 Å². The van der Waals surface area contributed by atoms with Crippen molar-refractivity contribution in [3.05, 3.63) is 64.7 Å². The lowest BCUT2D eigenvalue weighted by atomic mass is 10.0. The number of rotatable bonds is 5. The molecule has 0 aliphatic rings. The maximum Gasteiger partial charge on any atom is 0.186 e. The SMILES string of the molecule is CC(C)c1ccc([C@@H](CN)S(=O)(=O)c2ccc(Cl)cc2)cc1. The first kappa shape index (κ1) is 17.0. The number of hydrogen-bond donors (Lipinski definition) is 1. The maximum absolute atomic E-state index is 12.8. The molecule has 0 heterocycles. The summed E-state index contributed by atoms with van der Waals surface area (Å²) in [6.07, 6.45) is 0. The topological polar surface area (TPSA) is 60.2 Å². The Kier molecular flexibility index (Phi) is 5.27. The minimum Gasteiger partial charge on any atom is -0.329 e. The zero-order chi connectivity index (χ0) is 16.3. The van der Waals surface area contributed by atoms with Crippen molar-refractivity contribution in [1.29, 1.82) is 0 Å². The second-order valence-electron chi connectivity index (χ2n) is 5.54. The first-order chi connectivity index (χ1) is 10.4. The molecule has 0 radical (unpaired) electrons. The van der Waals surface area contributed by atoms with Gasteiger partial charge in [-0.1, -0.05) is 49.7 Å². The molecule has 0 aliphatic carbocycles. The van der Waals surface area contributed by atoms with Gasteiger partial charge >= 0.3 is 0 Å². The molecule has 22 heavy (non-hydrogen) atoms. The van der Waals surface area contributed by atoms with Crippen molar-refractivity contribution >= 4 is 21.4 Å². The van der Waals surface area contributed by atoms with Gasteiger partial charge in [-0.05, 0) is 41.3 Å². The minimum atomic E-state index is -3.54. The molecule has 0 amide bonds. The van der Waals surface area contributed by atoms with Crippen LogP contribution in [-0.4, -0.2) is 15.0 Å². The van der Waals surface area contributed by atoms with E-state index in [0.29, 0.717) is 16.5 Å². The fourth-order valence-electron chi connectivity index (χ4n) is 2.33. The molecule has 5 heteroatoms. The van der Waals surface area contributed by atoms with Gasteiger partial charge in [0.05, 0.1) is 4.90 Å². The summed E-state index contributed by atoms with van der Waals surface area (Å²) in [6.45, 7) is 4.23. The fourth-order valence-corrected chi connectivity index (χ4v) is 4.06. The number of sulfone groups is 1. The van der Waals surface area contributed by atoms with Gasteiger partial charge < -0.3 is 5.73 Å². The van der Waals surface area contributed by atoms with E-state index in [0.717, 1.165) is 0 Å². The summed E-state index contributed by atoms with van der Waals surface area (Å²) in [5, 5.41) is -0.251. The highest BCUT2D eigenvalue weighted by atomic mass is 35.5. The van der Waals surface area contributed by atoms with Crippen molar-refractivity contribution in [3.63, 3.8) is 0 Å². The Bertz CT molecular complexity index is 722. The molecule has 0 aromatic heterocycles. The lowest BCUT2D eigenvalue weighted by Crippen LogP contribution is -2.22. The molecule has 0 aliphatic heterocycles. The van der Waals surface area contributed by atoms with Crippen molar-refractivity contribution in [2.45, 2.75) is 29.9 Å². The average Bonchev–Trinajstić information content (AvgIpc) is 2.48. The Morgan fingerprint density at radius 2 is 1.45 bits per heavy atom.